The summed E-state index contributed by atoms with van der Waals surface area (Å²) in [5.74, 6) is 0. The van der Waals surface area contributed by atoms with Crippen molar-refractivity contribution in [1.29, 1.82) is 0 Å². The van der Waals surface area contributed by atoms with E-state index in [-0.39, 0.29) is 11.5 Å². The van der Waals surface area contributed by atoms with Gasteiger partial charge in [-0.05, 0) is 108 Å². The maximum atomic E-state index is 5.27. The van der Waals surface area contributed by atoms with Crippen LogP contribution in [0.5, 0.6) is 0 Å². The Balaban J connectivity index is 1.50. The molecule has 0 radical (unpaired) electrons. The summed E-state index contributed by atoms with van der Waals surface area (Å²) < 4.78 is 0. The molecular formula is C47H51N. The molecule has 1 atom stereocenters. The first kappa shape index (κ1) is 35.8. The van der Waals surface area contributed by atoms with Gasteiger partial charge < -0.3 is 0 Å². The zero-order valence-electron chi connectivity index (χ0n) is 29.5. The van der Waals surface area contributed by atoms with Crippen molar-refractivity contribution in [1.82, 2.24) is 0 Å². The predicted octanol–water partition coefficient (Wildman–Crippen LogP) is 13.0. The molecule has 1 nitrogen and oxygen atoms in total. The Labute approximate surface area is 290 Å². The number of aliphatic imine (C=N–C) groups is 1. The highest BCUT2D eigenvalue weighted by atomic mass is 14.8. The quantitative estimate of drug-likeness (QED) is 0.124. The molecular weight excluding hydrogens is 579 g/mol. The van der Waals surface area contributed by atoms with E-state index in [1.807, 2.05) is 31.2 Å². The molecule has 0 bridgehead atoms. The third kappa shape index (κ3) is 10.2. The lowest BCUT2D eigenvalue weighted by Gasteiger charge is -2.24. The average Bonchev–Trinajstić information content (AvgIpc) is 3.11. The molecule has 3 aromatic carbocycles. The summed E-state index contributed by atoms with van der Waals surface area (Å²) in [6, 6.07) is 28.1. The fourth-order valence-corrected chi connectivity index (χ4v) is 5.74. The third-order valence-corrected chi connectivity index (χ3v) is 8.77. The molecule has 0 spiro atoms. The fourth-order valence-electron chi connectivity index (χ4n) is 5.74. The fraction of sp³-hybridized carbons (Fsp3) is 0.213. The zero-order chi connectivity index (χ0) is 34.4. The van der Waals surface area contributed by atoms with Crippen molar-refractivity contribution in [3.8, 4) is 11.1 Å². The highest BCUT2D eigenvalue weighted by molar-refractivity contribution is 6.13. The summed E-state index contributed by atoms with van der Waals surface area (Å²) >= 11 is 0. The minimum Gasteiger partial charge on any atom is -0.277 e. The van der Waals surface area contributed by atoms with Crippen LogP contribution in [-0.2, 0) is 5.41 Å². The van der Waals surface area contributed by atoms with Gasteiger partial charge in [-0.25, -0.2) is 0 Å². The van der Waals surface area contributed by atoms with Crippen LogP contribution in [0.15, 0.2) is 181 Å². The van der Waals surface area contributed by atoms with E-state index in [0.717, 1.165) is 41.7 Å². The van der Waals surface area contributed by atoms with Gasteiger partial charge in [-0.2, -0.15) is 0 Å². The van der Waals surface area contributed by atoms with Crippen LogP contribution in [0.2, 0.25) is 0 Å². The molecule has 1 unspecified atom stereocenters. The van der Waals surface area contributed by atoms with Crippen molar-refractivity contribution in [2.75, 3.05) is 0 Å². The SMILES string of the molecule is C=C/C=C(\C=C/CC(C)(C)c1ccc(-c2cccc(C(=C)/C=C\C=C/C)c2)cc1)C(C)/N=C(\C=C(/C)c1ccccc1)C1=CCCC=C1. The summed E-state index contributed by atoms with van der Waals surface area (Å²) in [6.45, 7) is 19.2. The van der Waals surface area contributed by atoms with Crippen molar-refractivity contribution in [3.63, 3.8) is 0 Å². The molecule has 0 fully saturated rings. The lowest BCUT2D eigenvalue weighted by atomic mass is 9.80. The van der Waals surface area contributed by atoms with Crippen LogP contribution in [0.1, 0.15) is 70.6 Å². The van der Waals surface area contributed by atoms with E-state index in [4.69, 9.17) is 4.99 Å². The van der Waals surface area contributed by atoms with Crippen molar-refractivity contribution in [2.45, 2.75) is 65.3 Å². The number of benzene rings is 3. The minimum atomic E-state index is -0.0348. The lowest BCUT2D eigenvalue weighted by Crippen LogP contribution is -2.16. The predicted molar refractivity (Wildman–Crippen MR) is 213 cm³/mol. The number of allylic oxidation sites excluding steroid dienone is 14. The van der Waals surface area contributed by atoms with Gasteiger partial charge in [-0.3, -0.25) is 4.99 Å². The van der Waals surface area contributed by atoms with Gasteiger partial charge in [-0.15, -0.1) is 0 Å². The van der Waals surface area contributed by atoms with E-state index in [2.05, 4.69) is 168 Å². The van der Waals surface area contributed by atoms with E-state index >= 15 is 0 Å². The van der Waals surface area contributed by atoms with Crippen LogP contribution in [0.3, 0.4) is 0 Å². The Morgan fingerprint density at radius 1 is 0.896 bits per heavy atom. The molecule has 48 heavy (non-hydrogen) atoms. The molecule has 0 saturated heterocycles. The van der Waals surface area contributed by atoms with E-state index < -0.39 is 0 Å². The number of rotatable bonds is 14. The monoisotopic (exact) mass is 629 g/mol. The molecule has 0 aromatic heterocycles. The molecule has 1 aliphatic carbocycles. The molecule has 0 saturated carbocycles. The Morgan fingerprint density at radius 2 is 1.65 bits per heavy atom. The molecule has 244 valence electrons. The second-order valence-corrected chi connectivity index (χ2v) is 13.0. The van der Waals surface area contributed by atoms with E-state index in [9.17, 15) is 0 Å². The summed E-state index contributed by atoms with van der Waals surface area (Å²) in [6.07, 6.45) is 28.6. The van der Waals surface area contributed by atoms with E-state index in [1.54, 1.807) is 0 Å². The first-order valence-electron chi connectivity index (χ1n) is 17.1. The van der Waals surface area contributed by atoms with Crippen molar-refractivity contribution in [2.24, 2.45) is 4.99 Å². The second kappa shape index (κ2) is 17.8. The van der Waals surface area contributed by atoms with Crippen LogP contribution in [0.25, 0.3) is 22.3 Å². The molecule has 3 aromatic rings. The Bertz CT molecular complexity index is 1790. The smallest absolute Gasteiger partial charge is 0.0728 e. The zero-order valence-corrected chi connectivity index (χ0v) is 29.5. The van der Waals surface area contributed by atoms with Gasteiger partial charge in [-0.1, -0.05) is 167 Å². The summed E-state index contributed by atoms with van der Waals surface area (Å²) in [4.78, 5) is 5.27. The van der Waals surface area contributed by atoms with Gasteiger partial charge in [0.2, 0.25) is 0 Å². The van der Waals surface area contributed by atoms with Crippen LogP contribution in [0, 0.1) is 0 Å². The average molecular weight is 630 g/mol. The first-order chi connectivity index (χ1) is 23.2. The van der Waals surface area contributed by atoms with Crippen molar-refractivity contribution >= 4 is 16.9 Å². The Kier molecular flexibility index (Phi) is 13.3. The van der Waals surface area contributed by atoms with Gasteiger partial charge in [0, 0.05) is 0 Å². The summed E-state index contributed by atoms with van der Waals surface area (Å²) in [5.41, 5.74) is 11.6. The second-order valence-electron chi connectivity index (χ2n) is 13.0. The first-order valence-corrected chi connectivity index (χ1v) is 17.1. The van der Waals surface area contributed by atoms with Gasteiger partial charge in [0.15, 0.2) is 0 Å². The standard InChI is InChI=1S/C47H51N/c1-8-10-13-21-36(3)43-26-18-27-44(35-43)41-29-31-45(32-30-41)47(6,7)33-19-28-40(20-9-2)38(5)48-46(42-24-16-12-17-25-42)34-37(4)39-22-14-11-15-23-39/h8-11,13-16,18-32,34-35,38H,2-3,12,17,33H2,1,4-7H3/b10-8-,21-13-,28-19-,37-34+,40-20+,48-46+. The van der Waals surface area contributed by atoms with E-state index in [0.29, 0.717) is 0 Å². The molecule has 1 heteroatoms. The maximum Gasteiger partial charge on any atom is 0.0728 e. The third-order valence-electron chi connectivity index (χ3n) is 8.77. The Morgan fingerprint density at radius 3 is 2.33 bits per heavy atom. The van der Waals surface area contributed by atoms with Crippen LogP contribution >= 0.6 is 0 Å². The highest BCUT2D eigenvalue weighted by Crippen LogP contribution is 2.31. The largest absolute Gasteiger partial charge is 0.277 e. The Hall–Kier alpha value is -5.01. The molecule has 0 aliphatic heterocycles. The molecule has 0 N–H and O–H groups in total. The summed E-state index contributed by atoms with van der Waals surface area (Å²) in [7, 11) is 0. The normalized spacial score (nSPS) is 15.4. The number of hydrogen-bond acceptors (Lipinski definition) is 1. The van der Waals surface area contributed by atoms with Gasteiger partial charge in [0.05, 0.1) is 11.8 Å². The van der Waals surface area contributed by atoms with Crippen LogP contribution in [-0.4, -0.2) is 11.8 Å². The van der Waals surface area contributed by atoms with Crippen LogP contribution < -0.4 is 0 Å². The van der Waals surface area contributed by atoms with Crippen molar-refractivity contribution in [3.05, 3.63) is 193 Å². The van der Waals surface area contributed by atoms with Gasteiger partial charge in [0.25, 0.3) is 0 Å². The van der Waals surface area contributed by atoms with Crippen molar-refractivity contribution < 1.29 is 0 Å². The molecule has 0 heterocycles. The number of nitrogens with zero attached hydrogens (tertiary/aromatic N) is 1. The molecule has 1 aliphatic rings. The van der Waals surface area contributed by atoms with Gasteiger partial charge in [0.1, 0.15) is 0 Å². The molecule has 0 amide bonds. The minimum absolute atomic E-state index is 0.0295. The van der Waals surface area contributed by atoms with Gasteiger partial charge >= 0.3 is 0 Å². The summed E-state index contributed by atoms with van der Waals surface area (Å²) in [5, 5.41) is 0. The van der Waals surface area contributed by atoms with E-state index in [1.165, 1.54) is 33.4 Å². The highest BCUT2D eigenvalue weighted by Gasteiger charge is 2.19. The lowest BCUT2D eigenvalue weighted by molar-refractivity contribution is 0.534. The number of hydrogen-bond donors (Lipinski definition) is 0. The van der Waals surface area contributed by atoms with Crippen LogP contribution in [0.4, 0.5) is 0 Å². The topological polar surface area (TPSA) is 12.4 Å². The maximum absolute atomic E-state index is 5.27. The molecule has 4 rings (SSSR count).